The van der Waals surface area contributed by atoms with E-state index < -0.39 is 0 Å². The minimum Gasteiger partial charge on any atom is -0.490 e. The molecular weight excluding hydrogens is 533 g/mol. The van der Waals surface area contributed by atoms with Gasteiger partial charge in [0.1, 0.15) is 0 Å². The molecule has 0 amide bonds. The molecule has 0 unspecified atom stereocenters. The second-order valence-corrected chi connectivity index (χ2v) is 7.69. The Labute approximate surface area is 214 Å². The van der Waals surface area contributed by atoms with Gasteiger partial charge in [-0.3, -0.25) is 4.99 Å². The number of rotatable bonds is 11. The first kappa shape index (κ1) is 27.2. The number of aliphatic imine (C=N–C) groups is 1. The molecule has 33 heavy (non-hydrogen) atoms. The molecule has 0 aliphatic carbocycles. The Morgan fingerprint density at radius 2 is 1.88 bits per heavy atom. The second-order valence-electron chi connectivity index (χ2n) is 7.69. The van der Waals surface area contributed by atoms with Crippen molar-refractivity contribution in [2.24, 2.45) is 4.99 Å². The van der Waals surface area contributed by atoms with Crippen LogP contribution in [0, 0.1) is 6.92 Å². The van der Waals surface area contributed by atoms with Crippen molar-refractivity contribution in [3.05, 3.63) is 53.6 Å². The van der Waals surface area contributed by atoms with Gasteiger partial charge in [0.25, 0.3) is 0 Å². The lowest BCUT2D eigenvalue weighted by molar-refractivity contribution is 0.0702. The number of anilines is 1. The van der Waals surface area contributed by atoms with E-state index in [0.717, 1.165) is 49.0 Å². The van der Waals surface area contributed by atoms with Gasteiger partial charge >= 0.3 is 0 Å². The first-order valence-electron chi connectivity index (χ1n) is 11.3. The van der Waals surface area contributed by atoms with Gasteiger partial charge in [-0.25, -0.2) is 0 Å². The maximum atomic E-state index is 5.81. The molecule has 1 aliphatic rings. The SMILES string of the molecule is COCCOCCCN=C(NCCc1cccc(C)c1)Nc1ccc2c(c1)OCCCO2.I. The summed E-state index contributed by atoms with van der Waals surface area (Å²) in [4.78, 5) is 4.73. The molecule has 182 valence electrons. The molecule has 0 saturated heterocycles. The number of nitrogens with one attached hydrogen (secondary N) is 2. The molecule has 3 rings (SSSR count). The van der Waals surface area contributed by atoms with E-state index in [4.69, 9.17) is 23.9 Å². The molecule has 0 spiro atoms. The lowest BCUT2D eigenvalue weighted by atomic mass is 10.1. The fourth-order valence-electron chi connectivity index (χ4n) is 3.31. The predicted molar refractivity (Wildman–Crippen MR) is 144 cm³/mol. The van der Waals surface area contributed by atoms with Crippen molar-refractivity contribution in [1.29, 1.82) is 0 Å². The van der Waals surface area contributed by atoms with Crippen molar-refractivity contribution in [3.63, 3.8) is 0 Å². The molecule has 1 aliphatic heterocycles. The summed E-state index contributed by atoms with van der Waals surface area (Å²) in [6, 6.07) is 14.5. The number of hydrogen-bond donors (Lipinski definition) is 2. The van der Waals surface area contributed by atoms with Crippen LogP contribution in [0.5, 0.6) is 11.5 Å². The van der Waals surface area contributed by atoms with E-state index in [1.807, 2.05) is 18.2 Å². The average molecular weight is 569 g/mol. The van der Waals surface area contributed by atoms with Crippen LogP contribution in [0.15, 0.2) is 47.5 Å². The van der Waals surface area contributed by atoms with Gasteiger partial charge in [0.15, 0.2) is 17.5 Å². The summed E-state index contributed by atoms with van der Waals surface area (Å²) in [7, 11) is 1.67. The highest BCUT2D eigenvalue weighted by molar-refractivity contribution is 14.0. The van der Waals surface area contributed by atoms with Crippen molar-refractivity contribution in [2.45, 2.75) is 26.2 Å². The highest BCUT2D eigenvalue weighted by atomic mass is 127. The van der Waals surface area contributed by atoms with Crippen LogP contribution in [-0.4, -0.2) is 59.2 Å². The quantitative estimate of drug-likeness (QED) is 0.181. The number of guanidine groups is 1. The van der Waals surface area contributed by atoms with Gasteiger partial charge in [0, 0.05) is 45.0 Å². The largest absolute Gasteiger partial charge is 0.490 e. The van der Waals surface area contributed by atoms with Crippen molar-refractivity contribution < 1.29 is 18.9 Å². The van der Waals surface area contributed by atoms with Crippen LogP contribution in [0.3, 0.4) is 0 Å². The normalized spacial score (nSPS) is 13.1. The molecule has 2 N–H and O–H groups in total. The summed E-state index contributed by atoms with van der Waals surface area (Å²) in [6.07, 6.45) is 2.65. The average Bonchev–Trinajstić information content (AvgIpc) is 3.03. The zero-order valence-electron chi connectivity index (χ0n) is 19.6. The van der Waals surface area contributed by atoms with Gasteiger partial charge in [0.2, 0.25) is 0 Å². The lowest BCUT2D eigenvalue weighted by Crippen LogP contribution is -2.32. The van der Waals surface area contributed by atoms with Crippen molar-refractivity contribution in [2.75, 3.05) is 58.6 Å². The van der Waals surface area contributed by atoms with E-state index >= 15 is 0 Å². The van der Waals surface area contributed by atoms with E-state index in [9.17, 15) is 0 Å². The summed E-state index contributed by atoms with van der Waals surface area (Å²) in [6.45, 7) is 6.78. The molecule has 1 heterocycles. The number of halogens is 1. The zero-order valence-corrected chi connectivity index (χ0v) is 21.9. The van der Waals surface area contributed by atoms with Crippen LogP contribution >= 0.6 is 24.0 Å². The first-order chi connectivity index (χ1) is 15.7. The van der Waals surface area contributed by atoms with Crippen LogP contribution in [-0.2, 0) is 15.9 Å². The van der Waals surface area contributed by atoms with E-state index in [2.05, 4.69) is 41.8 Å². The van der Waals surface area contributed by atoms with Gasteiger partial charge in [-0.1, -0.05) is 29.8 Å². The predicted octanol–water partition coefficient (Wildman–Crippen LogP) is 4.43. The van der Waals surface area contributed by atoms with Gasteiger partial charge in [0.05, 0.1) is 26.4 Å². The summed E-state index contributed by atoms with van der Waals surface area (Å²) in [5.41, 5.74) is 3.49. The summed E-state index contributed by atoms with van der Waals surface area (Å²) in [5, 5.41) is 6.85. The third kappa shape index (κ3) is 10.2. The third-order valence-electron chi connectivity index (χ3n) is 4.95. The van der Waals surface area contributed by atoms with E-state index in [0.29, 0.717) is 39.6 Å². The Balaban J connectivity index is 0.00000385. The fourth-order valence-corrected chi connectivity index (χ4v) is 3.31. The Morgan fingerprint density at radius 1 is 1.03 bits per heavy atom. The first-order valence-corrected chi connectivity index (χ1v) is 11.3. The molecule has 0 bridgehead atoms. The monoisotopic (exact) mass is 569 g/mol. The number of ether oxygens (including phenoxy) is 4. The van der Waals surface area contributed by atoms with Crippen LogP contribution < -0.4 is 20.1 Å². The van der Waals surface area contributed by atoms with Crippen molar-refractivity contribution in [3.8, 4) is 11.5 Å². The van der Waals surface area contributed by atoms with Crippen LogP contribution in [0.1, 0.15) is 24.0 Å². The van der Waals surface area contributed by atoms with Gasteiger partial charge in [-0.05, 0) is 37.5 Å². The standard InChI is InChI=1S/C25H35N3O4.HI/c1-20-6-3-7-21(18-20)10-12-27-25(26-11-4-13-30-17-16-29-2)28-22-8-9-23-24(19-22)32-15-5-14-31-23;/h3,6-9,18-19H,4-5,10-17H2,1-2H3,(H2,26,27,28);1H. The smallest absolute Gasteiger partial charge is 0.195 e. The number of hydrogen-bond acceptors (Lipinski definition) is 5. The molecule has 2 aromatic rings. The van der Waals surface area contributed by atoms with E-state index in [-0.39, 0.29) is 24.0 Å². The Hall–Kier alpha value is -2.04. The molecule has 0 aromatic heterocycles. The summed E-state index contributed by atoms with van der Waals surface area (Å²) in [5.74, 6) is 2.29. The van der Waals surface area contributed by atoms with E-state index in [1.165, 1.54) is 11.1 Å². The Bertz CT molecular complexity index is 863. The van der Waals surface area contributed by atoms with Gasteiger partial charge in [-0.2, -0.15) is 0 Å². The summed E-state index contributed by atoms with van der Waals surface area (Å²) < 4.78 is 22.1. The number of benzene rings is 2. The maximum Gasteiger partial charge on any atom is 0.195 e. The third-order valence-corrected chi connectivity index (χ3v) is 4.95. The highest BCUT2D eigenvalue weighted by Crippen LogP contribution is 2.32. The minimum absolute atomic E-state index is 0. The van der Waals surface area contributed by atoms with Crippen LogP contribution in [0.4, 0.5) is 5.69 Å². The summed E-state index contributed by atoms with van der Waals surface area (Å²) >= 11 is 0. The lowest BCUT2D eigenvalue weighted by Gasteiger charge is -2.15. The Kier molecular flexibility index (Phi) is 13.0. The topological polar surface area (TPSA) is 73.3 Å². The number of nitrogens with zero attached hydrogens (tertiary/aromatic N) is 1. The fraction of sp³-hybridized carbons (Fsp3) is 0.480. The molecule has 0 saturated carbocycles. The molecule has 7 nitrogen and oxygen atoms in total. The molecule has 0 radical (unpaired) electrons. The Morgan fingerprint density at radius 3 is 2.70 bits per heavy atom. The van der Waals surface area contributed by atoms with Crippen molar-refractivity contribution in [1.82, 2.24) is 5.32 Å². The van der Waals surface area contributed by atoms with Crippen molar-refractivity contribution >= 4 is 35.6 Å². The molecule has 2 aromatic carbocycles. The van der Waals surface area contributed by atoms with Gasteiger partial charge < -0.3 is 29.6 Å². The van der Waals surface area contributed by atoms with Crippen LogP contribution in [0.25, 0.3) is 0 Å². The number of fused-ring (bicyclic) bond motifs is 1. The zero-order chi connectivity index (χ0) is 22.4. The highest BCUT2D eigenvalue weighted by Gasteiger charge is 2.11. The molecule has 8 heteroatoms. The van der Waals surface area contributed by atoms with Crippen LogP contribution in [0.2, 0.25) is 0 Å². The van der Waals surface area contributed by atoms with E-state index in [1.54, 1.807) is 7.11 Å². The number of aryl methyl sites for hydroxylation is 1. The number of methoxy groups -OCH3 is 1. The second kappa shape index (κ2) is 15.7. The maximum absolute atomic E-state index is 5.81. The van der Waals surface area contributed by atoms with Gasteiger partial charge in [-0.15, -0.1) is 24.0 Å². The minimum atomic E-state index is 0. The molecule has 0 fully saturated rings. The molecular formula is C25H36IN3O4. The molecule has 0 atom stereocenters.